The minimum absolute atomic E-state index is 0.0134. The third kappa shape index (κ3) is 1.83. The SMILES string of the molecule is Cc1ccccc1-c1cc2cccnc2n(C)c1=O. The summed E-state index contributed by atoms with van der Waals surface area (Å²) in [6.45, 7) is 2.02. The van der Waals surface area contributed by atoms with Gasteiger partial charge in [-0.15, -0.1) is 0 Å². The monoisotopic (exact) mass is 250 g/mol. The molecule has 0 aliphatic carbocycles. The fourth-order valence-corrected chi connectivity index (χ4v) is 2.36. The lowest BCUT2D eigenvalue weighted by atomic mass is 10.0. The first-order valence-electron chi connectivity index (χ1n) is 6.19. The first kappa shape index (κ1) is 11.7. The first-order valence-corrected chi connectivity index (χ1v) is 6.19. The zero-order valence-electron chi connectivity index (χ0n) is 10.9. The standard InChI is InChI=1S/C16H14N2O/c1-11-6-3-4-8-13(11)14-10-12-7-5-9-17-15(12)18(2)16(14)19/h3-10H,1-2H3. The average Bonchev–Trinajstić information content (AvgIpc) is 2.44. The van der Waals surface area contributed by atoms with Crippen LogP contribution in [0.5, 0.6) is 0 Å². The van der Waals surface area contributed by atoms with Crippen molar-refractivity contribution in [3.63, 3.8) is 0 Å². The van der Waals surface area contributed by atoms with Gasteiger partial charge in [0.15, 0.2) is 0 Å². The van der Waals surface area contributed by atoms with Crippen molar-refractivity contribution in [3.05, 3.63) is 64.6 Å². The van der Waals surface area contributed by atoms with Gasteiger partial charge in [-0.25, -0.2) is 4.98 Å². The molecule has 0 atom stereocenters. The van der Waals surface area contributed by atoms with Crippen LogP contribution >= 0.6 is 0 Å². The molecule has 0 amide bonds. The number of hydrogen-bond acceptors (Lipinski definition) is 2. The highest BCUT2D eigenvalue weighted by atomic mass is 16.1. The Morgan fingerprint density at radius 3 is 2.63 bits per heavy atom. The molecule has 19 heavy (non-hydrogen) atoms. The van der Waals surface area contributed by atoms with Crippen molar-refractivity contribution in [1.29, 1.82) is 0 Å². The molecular formula is C16H14N2O. The van der Waals surface area contributed by atoms with E-state index in [1.165, 1.54) is 0 Å². The molecule has 1 aromatic carbocycles. The number of benzene rings is 1. The number of pyridine rings is 2. The van der Waals surface area contributed by atoms with Crippen LogP contribution in [0.15, 0.2) is 53.5 Å². The van der Waals surface area contributed by atoms with Gasteiger partial charge in [0.25, 0.3) is 5.56 Å². The summed E-state index contributed by atoms with van der Waals surface area (Å²) in [6.07, 6.45) is 1.70. The number of aromatic nitrogens is 2. The molecule has 3 rings (SSSR count). The summed E-state index contributed by atoms with van der Waals surface area (Å²) in [5.41, 5.74) is 3.50. The average molecular weight is 250 g/mol. The topological polar surface area (TPSA) is 34.9 Å². The predicted octanol–water partition coefficient (Wildman–Crippen LogP) is 2.91. The minimum atomic E-state index is -0.0134. The van der Waals surface area contributed by atoms with Crippen molar-refractivity contribution in [2.75, 3.05) is 0 Å². The Bertz CT molecular complexity index is 818. The van der Waals surface area contributed by atoms with E-state index >= 15 is 0 Å². The second kappa shape index (κ2) is 4.35. The van der Waals surface area contributed by atoms with Crippen LogP contribution in [0.2, 0.25) is 0 Å². The molecule has 2 heterocycles. The minimum Gasteiger partial charge on any atom is -0.295 e. The van der Waals surface area contributed by atoms with Crippen molar-refractivity contribution < 1.29 is 0 Å². The third-order valence-electron chi connectivity index (χ3n) is 3.40. The maximum Gasteiger partial charge on any atom is 0.259 e. The van der Waals surface area contributed by atoms with E-state index in [1.54, 1.807) is 17.8 Å². The summed E-state index contributed by atoms with van der Waals surface area (Å²) in [5, 5.41) is 0.975. The lowest BCUT2D eigenvalue weighted by molar-refractivity contribution is 0.890. The van der Waals surface area contributed by atoms with Gasteiger partial charge in [-0.2, -0.15) is 0 Å². The molecule has 0 radical (unpaired) electrons. The van der Waals surface area contributed by atoms with Crippen LogP contribution in [0, 0.1) is 6.92 Å². The van der Waals surface area contributed by atoms with Gasteiger partial charge in [0.1, 0.15) is 5.65 Å². The molecule has 0 spiro atoms. The van der Waals surface area contributed by atoms with Gasteiger partial charge < -0.3 is 0 Å². The Labute approximate surface area is 111 Å². The summed E-state index contributed by atoms with van der Waals surface area (Å²) in [5.74, 6) is 0. The molecular weight excluding hydrogens is 236 g/mol. The molecule has 0 N–H and O–H groups in total. The number of hydrogen-bond donors (Lipinski definition) is 0. The third-order valence-corrected chi connectivity index (χ3v) is 3.40. The quantitative estimate of drug-likeness (QED) is 0.665. The number of nitrogens with zero attached hydrogens (tertiary/aromatic N) is 2. The van der Waals surface area contributed by atoms with E-state index in [9.17, 15) is 4.79 Å². The maximum atomic E-state index is 12.5. The molecule has 3 heteroatoms. The van der Waals surface area contributed by atoms with Gasteiger partial charge in [0.2, 0.25) is 0 Å². The maximum absolute atomic E-state index is 12.5. The molecule has 3 aromatic rings. The van der Waals surface area contributed by atoms with Crippen LogP contribution < -0.4 is 5.56 Å². The molecule has 0 aliphatic heterocycles. The van der Waals surface area contributed by atoms with Crippen molar-refractivity contribution >= 4 is 11.0 Å². The molecule has 0 bridgehead atoms. The summed E-state index contributed by atoms with van der Waals surface area (Å²) in [7, 11) is 1.76. The van der Waals surface area contributed by atoms with E-state index in [1.807, 2.05) is 49.4 Å². The van der Waals surface area contributed by atoms with Gasteiger partial charge in [0, 0.05) is 24.2 Å². The Hall–Kier alpha value is -2.42. The van der Waals surface area contributed by atoms with Crippen LogP contribution in [0.1, 0.15) is 5.56 Å². The van der Waals surface area contributed by atoms with Crippen LogP contribution in [0.4, 0.5) is 0 Å². The second-order valence-electron chi connectivity index (χ2n) is 4.65. The summed E-state index contributed by atoms with van der Waals surface area (Å²) in [6, 6.07) is 13.7. The lowest BCUT2D eigenvalue weighted by Crippen LogP contribution is -2.19. The van der Waals surface area contributed by atoms with Gasteiger partial charge in [-0.1, -0.05) is 24.3 Å². The van der Waals surface area contributed by atoms with Gasteiger partial charge in [-0.05, 0) is 36.2 Å². The van der Waals surface area contributed by atoms with E-state index in [-0.39, 0.29) is 5.56 Å². The Balaban J connectivity index is 2.40. The van der Waals surface area contributed by atoms with Gasteiger partial charge in [0.05, 0.1) is 0 Å². The van der Waals surface area contributed by atoms with Gasteiger partial charge in [-0.3, -0.25) is 9.36 Å². The fraction of sp³-hybridized carbons (Fsp3) is 0.125. The molecule has 0 aliphatic rings. The molecule has 94 valence electrons. The van der Waals surface area contributed by atoms with Crippen LogP contribution in [0.25, 0.3) is 22.2 Å². The highest BCUT2D eigenvalue weighted by molar-refractivity contribution is 5.81. The lowest BCUT2D eigenvalue weighted by Gasteiger charge is -2.09. The van der Waals surface area contributed by atoms with Crippen LogP contribution in [-0.2, 0) is 7.05 Å². The Kier molecular flexibility index (Phi) is 2.67. The van der Waals surface area contributed by atoms with Crippen molar-refractivity contribution in [2.24, 2.45) is 7.05 Å². The molecule has 0 unspecified atom stereocenters. The summed E-state index contributed by atoms with van der Waals surface area (Å²) >= 11 is 0. The molecule has 0 saturated carbocycles. The molecule has 2 aromatic heterocycles. The Morgan fingerprint density at radius 2 is 1.84 bits per heavy atom. The van der Waals surface area contributed by atoms with Crippen LogP contribution in [0.3, 0.4) is 0 Å². The zero-order chi connectivity index (χ0) is 13.4. The van der Waals surface area contributed by atoms with E-state index in [0.29, 0.717) is 5.65 Å². The fourth-order valence-electron chi connectivity index (χ4n) is 2.36. The normalized spacial score (nSPS) is 10.8. The predicted molar refractivity (Wildman–Crippen MR) is 77.2 cm³/mol. The van der Waals surface area contributed by atoms with Crippen molar-refractivity contribution in [1.82, 2.24) is 9.55 Å². The van der Waals surface area contributed by atoms with Crippen LogP contribution in [-0.4, -0.2) is 9.55 Å². The van der Waals surface area contributed by atoms with E-state index in [0.717, 1.165) is 22.1 Å². The molecule has 0 saturated heterocycles. The van der Waals surface area contributed by atoms with E-state index in [2.05, 4.69) is 4.98 Å². The second-order valence-corrected chi connectivity index (χ2v) is 4.65. The first-order chi connectivity index (χ1) is 9.18. The number of rotatable bonds is 1. The van der Waals surface area contributed by atoms with E-state index < -0.39 is 0 Å². The van der Waals surface area contributed by atoms with E-state index in [4.69, 9.17) is 0 Å². The summed E-state index contributed by atoms with van der Waals surface area (Å²) < 4.78 is 1.61. The molecule has 3 nitrogen and oxygen atoms in total. The largest absolute Gasteiger partial charge is 0.295 e. The zero-order valence-corrected chi connectivity index (χ0v) is 10.9. The van der Waals surface area contributed by atoms with Gasteiger partial charge >= 0.3 is 0 Å². The Morgan fingerprint density at radius 1 is 1.05 bits per heavy atom. The highest BCUT2D eigenvalue weighted by Gasteiger charge is 2.10. The number of aryl methyl sites for hydroxylation is 2. The number of fused-ring (bicyclic) bond motifs is 1. The van der Waals surface area contributed by atoms with Crippen molar-refractivity contribution in [3.8, 4) is 11.1 Å². The summed E-state index contributed by atoms with van der Waals surface area (Å²) in [4.78, 5) is 16.7. The van der Waals surface area contributed by atoms with Crippen molar-refractivity contribution in [2.45, 2.75) is 6.92 Å². The highest BCUT2D eigenvalue weighted by Crippen LogP contribution is 2.22. The molecule has 0 fully saturated rings. The smallest absolute Gasteiger partial charge is 0.259 e.